The molecule has 1 rings (SSSR count). The van der Waals surface area contributed by atoms with Crippen molar-refractivity contribution in [3.63, 3.8) is 0 Å². The minimum Gasteiger partial charge on any atom is -0.349 e. The van der Waals surface area contributed by atoms with Gasteiger partial charge >= 0.3 is 0 Å². The first-order chi connectivity index (χ1) is 7.88. The van der Waals surface area contributed by atoms with E-state index in [9.17, 15) is 4.79 Å². The third-order valence-electron chi connectivity index (χ3n) is 2.95. The van der Waals surface area contributed by atoms with Crippen LogP contribution in [0.1, 0.15) is 37.9 Å². The van der Waals surface area contributed by atoms with Crippen LogP contribution in [0.15, 0.2) is 24.3 Å². The van der Waals surface area contributed by atoms with Gasteiger partial charge in [-0.3, -0.25) is 4.79 Å². The van der Waals surface area contributed by atoms with Crippen LogP contribution in [0.4, 0.5) is 0 Å². The quantitative estimate of drug-likeness (QED) is 0.819. The molecule has 0 fully saturated rings. The predicted molar refractivity (Wildman–Crippen MR) is 72.2 cm³/mol. The molecule has 0 aliphatic heterocycles. The second-order valence-corrected chi connectivity index (χ2v) is 5.34. The van der Waals surface area contributed by atoms with E-state index < -0.39 is 5.41 Å². The summed E-state index contributed by atoms with van der Waals surface area (Å²) in [5, 5.41) is 3.00. The van der Waals surface area contributed by atoms with E-state index in [1.807, 2.05) is 52.0 Å². The SMILES string of the molecule is Cc1ccccc1[C@H](C)NC(=O)C(C)(C)CCl. The Morgan fingerprint density at radius 3 is 2.53 bits per heavy atom. The van der Waals surface area contributed by atoms with Crippen LogP contribution in [0.25, 0.3) is 0 Å². The third-order valence-corrected chi connectivity index (χ3v) is 3.62. The predicted octanol–water partition coefficient (Wildman–Crippen LogP) is 3.44. The number of halogens is 1. The van der Waals surface area contributed by atoms with Crippen molar-refractivity contribution in [1.82, 2.24) is 5.32 Å². The zero-order chi connectivity index (χ0) is 13.1. The van der Waals surface area contributed by atoms with Crippen LogP contribution in [-0.2, 0) is 4.79 Å². The van der Waals surface area contributed by atoms with Crippen molar-refractivity contribution in [3.8, 4) is 0 Å². The summed E-state index contributed by atoms with van der Waals surface area (Å²) in [6, 6.07) is 8.07. The number of rotatable bonds is 4. The number of nitrogens with one attached hydrogen (secondary N) is 1. The van der Waals surface area contributed by atoms with Crippen LogP contribution >= 0.6 is 11.6 Å². The average molecular weight is 254 g/mol. The van der Waals surface area contributed by atoms with E-state index in [4.69, 9.17) is 11.6 Å². The maximum absolute atomic E-state index is 12.0. The van der Waals surface area contributed by atoms with Crippen LogP contribution in [0, 0.1) is 12.3 Å². The highest BCUT2D eigenvalue weighted by molar-refractivity contribution is 6.19. The van der Waals surface area contributed by atoms with E-state index in [0.717, 1.165) is 5.56 Å². The van der Waals surface area contributed by atoms with Crippen molar-refractivity contribution in [2.45, 2.75) is 33.7 Å². The van der Waals surface area contributed by atoms with Crippen LogP contribution in [-0.4, -0.2) is 11.8 Å². The smallest absolute Gasteiger partial charge is 0.227 e. The van der Waals surface area contributed by atoms with Gasteiger partial charge in [-0.05, 0) is 38.8 Å². The molecule has 0 radical (unpaired) electrons. The van der Waals surface area contributed by atoms with E-state index >= 15 is 0 Å². The lowest BCUT2D eigenvalue weighted by Crippen LogP contribution is -2.39. The number of amides is 1. The Labute approximate surface area is 108 Å². The molecule has 2 nitrogen and oxygen atoms in total. The molecule has 0 aliphatic rings. The van der Waals surface area contributed by atoms with E-state index in [0.29, 0.717) is 5.88 Å². The first-order valence-corrected chi connectivity index (χ1v) is 6.34. The van der Waals surface area contributed by atoms with Gasteiger partial charge in [0.15, 0.2) is 0 Å². The molecule has 1 aromatic carbocycles. The molecular formula is C14H20ClNO. The van der Waals surface area contributed by atoms with Crippen molar-refractivity contribution < 1.29 is 4.79 Å². The van der Waals surface area contributed by atoms with Crippen molar-refractivity contribution >= 4 is 17.5 Å². The van der Waals surface area contributed by atoms with Gasteiger partial charge in [-0.15, -0.1) is 11.6 Å². The number of alkyl halides is 1. The Bertz CT molecular complexity index is 401. The number of aryl methyl sites for hydroxylation is 1. The van der Waals surface area contributed by atoms with Crippen molar-refractivity contribution in [2.24, 2.45) is 5.41 Å². The van der Waals surface area contributed by atoms with Crippen LogP contribution in [0.2, 0.25) is 0 Å². The zero-order valence-corrected chi connectivity index (χ0v) is 11.6. The van der Waals surface area contributed by atoms with Crippen LogP contribution < -0.4 is 5.32 Å². The van der Waals surface area contributed by atoms with Crippen LogP contribution in [0.5, 0.6) is 0 Å². The molecule has 0 aromatic heterocycles. The molecule has 0 bridgehead atoms. The van der Waals surface area contributed by atoms with Gasteiger partial charge in [-0.2, -0.15) is 0 Å². The molecule has 1 atom stereocenters. The Morgan fingerprint density at radius 2 is 2.00 bits per heavy atom. The summed E-state index contributed by atoms with van der Waals surface area (Å²) in [5.41, 5.74) is 1.80. The topological polar surface area (TPSA) is 29.1 Å². The third kappa shape index (κ3) is 3.47. The van der Waals surface area contributed by atoms with Gasteiger partial charge in [0.25, 0.3) is 0 Å². The first-order valence-electron chi connectivity index (χ1n) is 5.81. The summed E-state index contributed by atoms with van der Waals surface area (Å²) in [7, 11) is 0. The molecule has 1 N–H and O–H groups in total. The van der Waals surface area contributed by atoms with Gasteiger partial charge in [0.05, 0.1) is 11.5 Å². The summed E-state index contributed by atoms with van der Waals surface area (Å²) in [5.74, 6) is 0.308. The van der Waals surface area contributed by atoms with E-state index in [-0.39, 0.29) is 11.9 Å². The highest BCUT2D eigenvalue weighted by Gasteiger charge is 2.27. The number of carbonyl (C=O) groups excluding carboxylic acids is 1. The molecule has 3 heteroatoms. The maximum atomic E-state index is 12.0. The van der Waals surface area contributed by atoms with Gasteiger partial charge < -0.3 is 5.32 Å². The highest BCUT2D eigenvalue weighted by atomic mass is 35.5. The number of hydrogen-bond acceptors (Lipinski definition) is 1. The van der Waals surface area contributed by atoms with Gasteiger partial charge in [0.2, 0.25) is 5.91 Å². The Balaban J connectivity index is 2.77. The molecule has 1 aromatic rings. The van der Waals surface area contributed by atoms with Gasteiger partial charge in [0, 0.05) is 5.88 Å². The molecule has 1 amide bonds. The molecular weight excluding hydrogens is 234 g/mol. The summed E-state index contributed by atoms with van der Waals surface area (Å²) in [6.07, 6.45) is 0. The van der Waals surface area contributed by atoms with Crippen molar-refractivity contribution in [2.75, 3.05) is 5.88 Å². The lowest BCUT2D eigenvalue weighted by atomic mass is 9.94. The Hall–Kier alpha value is -1.02. The normalized spacial score (nSPS) is 13.2. The Morgan fingerprint density at radius 1 is 1.41 bits per heavy atom. The summed E-state index contributed by atoms with van der Waals surface area (Å²) >= 11 is 5.79. The summed E-state index contributed by atoms with van der Waals surface area (Å²) in [6.45, 7) is 7.73. The maximum Gasteiger partial charge on any atom is 0.227 e. The van der Waals surface area contributed by atoms with E-state index in [1.165, 1.54) is 5.56 Å². The summed E-state index contributed by atoms with van der Waals surface area (Å²) in [4.78, 5) is 12.0. The molecule has 0 heterocycles. The molecule has 0 spiro atoms. The molecule has 0 unspecified atom stereocenters. The highest BCUT2D eigenvalue weighted by Crippen LogP contribution is 2.21. The number of hydrogen-bond donors (Lipinski definition) is 1. The second kappa shape index (κ2) is 5.54. The second-order valence-electron chi connectivity index (χ2n) is 5.07. The minimum absolute atomic E-state index is 0.00573. The molecule has 0 saturated heterocycles. The molecule has 94 valence electrons. The monoisotopic (exact) mass is 253 g/mol. The molecule has 0 aliphatic carbocycles. The Kier molecular flexibility index (Phi) is 4.58. The fourth-order valence-corrected chi connectivity index (χ4v) is 1.72. The first kappa shape index (κ1) is 14.0. The largest absolute Gasteiger partial charge is 0.349 e. The van der Waals surface area contributed by atoms with Gasteiger partial charge in [0.1, 0.15) is 0 Å². The zero-order valence-electron chi connectivity index (χ0n) is 10.9. The van der Waals surface area contributed by atoms with Crippen molar-refractivity contribution in [1.29, 1.82) is 0 Å². The standard InChI is InChI=1S/C14H20ClNO/c1-10-7-5-6-8-12(10)11(2)16-13(17)14(3,4)9-15/h5-8,11H,9H2,1-4H3,(H,16,17)/t11-/m0/s1. The van der Waals surface area contributed by atoms with E-state index in [1.54, 1.807) is 0 Å². The molecule has 17 heavy (non-hydrogen) atoms. The summed E-state index contributed by atoms with van der Waals surface area (Å²) < 4.78 is 0. The molecule has 0 saturated carbocycles. The fourth-order valence-electron chi connectivity index (χ4n) is 1.60. The van der Waals surface area contributed by atoms with Gasteiger partial charge in [-0.25, -0.2) is 0 Å². The number of carbonyl (C=O) groups is 1. The fraction of sp³-hybridized carbons (Fsp3) is 0.500. The minimum atomic E-state index is -0.529. The van der Waals surface area contributed by atoms with Crippen molar-refractivity contribution in [3.05, 3.63) is 35.4 Å². The average Bonchev–Trinajstić information content (AvgIpc) is 2.29. The van der Waals surface area contributed by atoms with Crippen LogP contribution in [0.3, 0.4) is 0 Å². The lowest BCUT2D eigenvalue weighted by Gasteiger charge is -2.24. The van der Waals surface area contributed by atoms with E-state index in [2.05, 4.69) is 5.32 Å². The van der Waals surface area contributed by atoms with Gasteiger partial charge in [-0.1, -0.05) is 24.3 Å². The lowest BCUT2D eigenvalue weighted by molar-refractivity contribution is -0.129. The number of benzene rings is 1.